The molecule has 4 heteroatoms. The Balaban J connectivity index is 1.76. The molecule has 0 bridgehead atoms. The largest absolute Gasteiger partial charge is 0.380 e. The zero-order valence-corrected chi connectivity index (χ0v) is 10.4. The van der Waals surface area contributed by atoms with Crippen molar-refractivity contribution in [1.82, 2.24) is 5.32 Å². The molecule has 0 saturated carbocycles. The minimum Gasteiger partial charge on any atom is -0.380 e. The summed E-state index contributed by atoms with van der Waals surface area (Å²) in [5.74, 6) is 0. The summed E-state index contributed by atoms with van der Waals surface area (Å²) >= 11 is 5.20. The van der Waals surface area contributed by atoms with Crippen molar-refractivity contribution in [1.29, 1.82) is 0 Å². The number of ether oxygens (including phenoxy) is 1. The third kappa shape index (κ3) is 3.05. The fraction of sp³-hybridized carbons (Fsp3) is 0.600. The van der Waals surface area contributed by atoms with E-state index in [1.165, 1.54) is 22.2 Å². The molecule has 1 aliphatic rings. The van der Waals surface area contributed by atoms with E-state index in [-0.39, 0.29) is 0 Å². The van der Waals surface area contributed by atoms with Gasteiger partial charge in [0.2, 0.25) is 0 Å². The van der Waals surface area contributed by atoms with E-state index >= 15 is 0 Å². The average Bonchev–Trinajstić information content (AvgIpc) is 2.63. The molecule has 0 spiro atoms. The maximum absolute atomic E-state index is 5.41. The normalized spacial score (nSPS) is 22.5. The van der Waals surface area contributed by atoms with Gasteiger partial charge in [-0.05, 0) is 45.8 Å². The second-order valence-electron chi connectivity index (χ2n) is 3.55. The fourth-order valence-electron chi connectivity index (χ4n) is 1.60. The monoisotopic (exact) mass is 275 g/mol. The van der Waals surface area contributed by atoms with E-state index in [1.54, 1.807) is 11.3 Å². The number of hydrogen-bond acceptors (Lipinski definition) is 3. The molecule has 2 rings (SSSR count). The van der Waals surface area contributed by atoms with E-state index < -0.39 is 0 Å². The SMILES string of the molecule is Brc1cc(CNC2CCCOC2)cs1. The van der Waals surface area contributed by atoms with E-state index in [0.29, 0.717) is 6.04 Å². The highest BCUT2D eigenvalue weighted by molar-refractivity contribution is 9.11. The lowest BCUT2D eigenvalue weighted by atomic mass is 10.1. The van der Waals surface area contributed by atoms with Crippen molar-refractivity contribution in [2.75, 3.05) is 13.2 Å². The molecule has 78 valence electrons. The van der Waals surface area contributed by atoms with E-state index in [4.69, 9.17) is 4.74 Å². The highest BCUT2D eigenvalue weighted by Crippen LogP contribution is 2.20. The molecule has 1 aliphatic heterocycles. The van der Waals surface area contributed by atoms with Gasteiger partial charge in [0, 0.05) is 19.2 Å². The molecule has 1 unspecified atom stereocenters. The molecular weight excluding hydrogens is 262 g/mol. The first-order valence-electron chi connectivity index (χ1n) is 4.88. The lowest BCUT2D eigenvalue weighted by Gasteiger charge is -2.22. The Morgan fingerprint density at radius 3 is 3.21 bits per heavy atom. The van der Waals surface area contributed by atoms with Crippen LogP contribution >= 0.6 is 27.3 Å². The van der Waals surface area contributed by atoms with Crippen LogP contribution in [0, 0.1) is 0 Å². The predicted molar refractivity (Wildman–Crippen MR) is 62.7 cm³/mol. The third-order valence-corrected chi connectivity index (χ3v) is 3.93. The van der Waals surface area contributed by atoms with Gasteiger partial charge in [0.15, 0.2) is 0 Å². The summed E-state index contributed by atoms with van der Waals surface area (Å²) in [6, 6.07) is 2.71. The molecule has 2 heterocycles. The Kier molecular flexibility index (Phi) is 3.99. The highest BCUT2D eigenvalue weighted by Gasteiger charge is 2.12. The second-order valence-corrected chi connectivity index (χ2v) is 5.84. The maximum Gasteiger partial charge on any atom is 0.0701 e. The van der Waals surface area contributed by atoms with E-state index in [0.717, 1.165) is 19.8 Å². The standard InChI is InChI=1S/C10H14BrNOS/c11-10-4-8(7-14-10)5-12-9-2-1-3-13-6-9/h4,7,9,12H,1-3,5-6H2. The van der Waals surface area contributed by atoms with Gasteiger partial charge >= 0.3 is 0 Å². The molecule has 0 aromatic carbocycles. The number of thiophene rings is 1. The van der Waals surface area contributed by atoms with Crippen molar-refractivity contribution in [3.63, 3.8) is 0 Å². The van der Waals surface area contributed by atoms with Crippen molar-refractivity contribution in [2.45, 2.75) is 25.4 Å². The van der Waals surface area contributed by atoms with Crippen LogP contribution in [0.1, 0.15) is 18.4 Å². The van der Waals surface area contributed by atoms with Crippen LogP contribution in [0.15, 0.2) is 15.2 Å². The molecule has 2 nitrogen and oxygen atoms in total. The Morgan fingerprint density at radius 1 is 1.64 bits per heavy atom. The van der Waals surface area contributed by atoms with Crippen molar-refractivity contribution < 1.29 is 4.74 Å². The number of halogens is 1. The fourth-order valence-corrected chi connectivity index (χ4v) is 2.81. The summed E-state index contributed by atoms with van der Waals surface area (Å²) in [7, 11) is 0. The molecule has 1 aromatic heterocycles. The zero-order valence-electron chi connectivity index (χ0n) is 7.96. The van der Waals surface area contributed by atoms with Gasteiger partial charge in [0.05, 0.1) is 10.4 Å². The van der Waals surface area contributed by atoms with Crippen molar-refractivity contribution in [2.24, 2.45) is 0 Å². The minimum absolute atomic E-state index is 0.544. The summed E-state index contributed by atoms with van der Waals surface area (Å²) in [5, 5.41) is 5.69. The first-order chi connectivity index (χ1) is 6.84. The first kappa shape index (κ1) is 10.6. The molecule has 0 radical (unpaired) electrons. The molecule has 1 fully saturated rings. The van der Waals surface area contributed by atoms with Crippen LogP contribution in [0.4, 0.5) is 0 Å². The number of rotatable bonds is 3. The van der Waals surface area contributed by atoms with Crippen molar-refractivity contribution >= 4 is 27.3 Å². The van der Waals surface area contributed by atoms with Gasteiger partial charge in [-0.1, -0.05) is 0 Å². The summed E-state index contributed by atoms with van der Waals surface area (Å²) in [6.45, 7) is 2.75. The van der Waals surface area contributed by atoms with Crippen LogP contribution in [0.25, 0.3) is 0 Å². The van der Waals surface area contributed by atoms with Crippen LogP contribution in [0.3, 0.4) is 0 Å². The summed E-state index contributed by atoms with van der Waals surface area (Å²) < 4.78 is 6.61. The van der Waals surface area contributed by atoms with E-state index in [1.807, 2.05) is 0 Å². The van der Waals surface area contributed by atoms with Gasteiger partial charge < -0.3 is 10.1 Å². The molecule has 1 aromatic rings. The molecule has 1 atom stereocenters. The summed E-state index contributed by atoms with van der Waals surface area (Å²) in [5.41, 5.74) is 1.35. The van der Waals surface area contributed by atoms with Gasteiger partial charge in [-0.2, -0.15) is 0 Å². The molecule has 14 heavy (non-hydrogen) atoms. The molecule has 1 saturated heterocycles. The maximum atomic E-state index is 5.41. The number of nitrogens with one attached hydrogen (secondary N) is 1. The quantitative estimate of drug-likeness (QED) is 0.916. The predicted octanol–water partition coefficient (Wildman–Crippen LogP) is 2.78. The zero-order chi connectivity index (χ0) is 9.80. The van der Waals surface area contributed by atoms with Crippen LogP contribution in [0.5, 0.6) is 0 Å². The van der Waals surface area contributed by atoms with E-state index in [9.17, 15) is 0 Å². The van der Waals surface area contributed by atoms with Gasteiger partial charge in [-0.15, -0.1) is 11.3 Å². The first-order valence-corrected chi connectivity index (χ1v) is 6.56. The highest BCUT2D eigenvalue weighted by atomic mass is 79.9. The van der Waals surface area contributed by atoms with Crippen LogP contribution in [-0.2, 0) is 11.3 Å². The minimum atomic E-state index is 0.544. The van der Waals surface area contributed by atoms with Crippen molar-refractivity contribution in [3.8, 4) is 0 Å². The molecule has 1 N–H and O–H groups in total. The van der Waals surface area contributed by atoms with Gasteiger partial charge in [0.1, 0.15) is 0 Å². The average molecular weight is 276 g/mol. The van der Waals surface area contributed by atoms with Crippen LogP contribution in [-0.4, -0.2) is 19.3 Å². The van der Waals surface area contributed by atoms with Gasteiger partial charge in [-0.25, -0.2) is 0 Å². The summed E-state index contributed by atoms with van der Waals surface area (Å²) in [4.78, 5) is 0. The van der Waals surface area contributed by atoms with Gasteiger partial charge in [0.25, 0.3) is 0 Å². The Hall–Kier alpha value is 0.1000. The van der Waals surface area contributed by atoms with Crippen LogP contribution in [0.2, 0.25) is 0 Å². The lowest BCUT2D eigenvalue weighted by Crippen LogP contribution is -2.36. The Bertz CT molecular complexity index is 283. The van der Waals surface area contributed by atoms with Crippen LogP contribution < -0.4 is 5.32 Å². The Morgan fingerprint density at radius 2 is 2.57 bits per heavy atom. The van der Waals surface area contributed by atoms with E-state index in [2.05, 4.69) is 32.7 Å². The molecule has 0 amide bonds. The second kappa shape index (κ2) is 5.26. The summed E-state index contributed by atoms with van der Waals surface area (Å²) in [6.07, 6.45) is 2.43. The smallest absolute Gasteiger partial charge is 0.0701 e. The van der Waals surface area contributed by atoms with Gasteiger partial charge in [-0.3, -0.25) is 0 Å². The number of hydrogen-bond donors (Lipinski definition) is 1. The Labute approximate surface area is 96.8 Å². The molecular formula is C10H14BrNOS. The third-order valence-electron chi connectivity index (χ3n) is 2.38. The topological polar surface area (TPSA) is 21.3 Å². The lowest BCUT2D eigenvalue weighted by molar-refractivity contribution is 0.0699. The molecule has 0 aliphatic carbocycles. The van der Waals surface area contributed by atoms with Crippen molar-refractivity contribution in [3.05, 3.63) is 20.8 Å².